The van der Waals surface area contributed by atoms with E-state index in [0.717, 1.165) is 5.56 Å². The average Bonchev–Trinajstić information content (AvgIpc) is 3.28. The second-order valence-electron chi connectivity index (χ2n) is 7.09. The van der Waals surface area contributed by atoms with Gasteiger partial charge in [-0.15, -0.1) is 0 Å². The number of benzene rings is 2. The number of hydrazine groups is 1. The molecule has 1 aliphatic rings. The predicted molar refractivity (Wildman–Crippen MR) is 106 cm³/mol. The Balaban J connectivity index is 1.43. The molecule has 29 heavy (non-hydrogen) atoms. The van der Waals surface area contributed by atoms with Gasteiger partial charge in [-0.2, -0.15) is 0 Å². The molecule has 1 fully saturated rings. The van der Waals surface area contributed by atoms with Gasteiger partial charge in [-0.25, -0.2) is 8.42 Å². The van der Waals surface area contributed by atoms with Crippen LogP contribution in [-0.4, -0.2) is 36.9 Å². The summed E-state index contributed by atoms with van der Waals surface area (Å²) >= 11 is 0. The molecule has 1 aliphatic heterocycles. The van der Waals surface area contributed by atoms with Crippen molar-refractivity contribution in [2.24, 2.45) is 5.92 Å². The third-order valence-electron chi connectivity index (χ3n) is 4.89. The van der Waals surface area contributed by atoms with Gasteiger partial charge in [0.05, 0.1) is 16.9 Å². The van der Waals surface area contributed by atoms with E-state index >= 15 is 0 Å². The molecule has 4 rings (SSSR count). The number of nitrogens with zero attached hydrogens (tertiary/aromatic N) is 1. The molecule has 2 heterocycles. The van der Waals surface area contributed by atoms with Crippen molar-refractivity contribution in [3.8, 4) is 11.3 Å². The normalized spacial score (nSPS) is 17.9. The topological polar surface area (TPSA) is 118 Å². The second-order valence-corrected chi connectivity index (χ2v) is 9.31. The molecule has 2 N–H and O–H groups in total. The minimum atomic E-state index is -3.04. The highest BCUT2D eigenvalue weighted by Gasteiger charge is 2.29. The highest BCUT2D eigenvalue weighted by molar-refractivity contribution is 7.91. The maximum atomic E-state index is 12.4. The Morgan fingerprint density at radius 3 is 2.62 bits per heavy atom. The van der Waals surface area contributed by atoms with Gasteiger partial charge >= 0.3 is 0 Å². The highest BCUT2D eigenvalue weighted by atomic mass is 32.2. The first-order chi connectivity index (χ1) is 13.9. The summed E-state index contributed by atoms with van der Waals surface area (Å²) in [5.74, 6) is -0.433. The van der Waals surface area contributed by atoms with E-state index < -0.39 is 21.7 Å². The SMILES string of the molecule is O=C(C[C@@H]1CCS(=O)(=O)C1)NNC(=O)c1ccc2noc(-c3ccccc3)c2c1. The van der Waals surface area contributed by atoms with E-state index in [4.69, 9.17) is 4.52 Å². The fourth-order valence-corrected chi connectivity index (χ4v) is 5.29. The molecule has 1 atom stereocenters. The summed E-state index contributed by atoms with van der Waals surface area (Å²) in [6.07, 6.45) is 0.526. The fourth-order valence-electron chi connectivity index (χ4n) is 3.43. The van der Waals surface area contributed by atoms with Gasteiger partial charge in [-0.1, -0.05) is 35.5 Å². The van der Waals surface area contributed by atoms with Gasteiger partial charge in [0.2, 0.25) is 5.91 Å². The summed E-state index contributed by atoms with van der Waals surface area (Å²) in [6.45, 7) is 0. The number of rotatable bonds is 4. The van der Waals surface area contributed by atoms with E-state index in [-0.39, 0.29) is 23.8 Å². The van der Waals surface area contributed by atoms with Crippen LogP contribution < -0.4 is 10.9 Å². The van der Waals surface area contributed by atoms with Crippen molar-refractivity contribution in [3.05, 3.63) is 54.1 Å². The van der Waals surface area contributed by atoms with Crippen LogP contribution in [0.2, 0.25) is 0 Å². The first-order valence-electron chi connectivity index (χ1n) is 9.16. The van der Waals surface area contributed by atoms with Gasteiger partial charge in [0.1, 0.15) is 5.52 Å². The van der Waals surface area contributed by atoms with Crippen LogP contribution in [0.4, 0.5) is 0 Å². The summed E-state index contributed by atoms with van der Waals surface area (Å²) in [5.41, 5.74) is 6.51. The monoisotopic (exact) mass is 413 g/mol. The lowest BCUT2D eigenvalue weighted by molar-refractivity contribution is -0.122. The molecule has 2 aromatic carbocycles. The number of fused-ring (bicyclic) bond motifs is 1. The van der Waals surface area contributed by atoms with E-state index in [1.165, 1.54) is 0 Å². The maximum Gasteiger partial charge on any atom is 0.269 e. The van der Waals surface area contributed by atoms with Crippen LogP contribution in [-0.2, 0) is 14.6 Å². The number of sulfone groups is 1. The number of nitrogens with one attached hydrogen (secondary N) is 2. The van der Waals surface area contributed by atoms with Crippen LogP contribution in [0.3, 0.4) is 0 Å². The van der Waals surface area contributed by atoms with E-state index in [9.17, 15) is 18.0 Å². The number of hydrogen-bond donors (Lipinski definition) is 2. The van der Waals surface area contributed by atoms with Gasteiger partial charge in [-0.05, 0) is 30.5 Å². The van der Waals surface area contributed by atoms with Crippen molar-refractivity contribution in [2.45, 2.75) is 12.8 Å². The minimum absolute atomic E-state index is 0.0147. The molecule has 9 heteroatoms. The lowest BCUT2D eigenvalue weighted by Crippen LogP contribution is -2.42. The van der Waals surface area contributed by atoms with Crippen molar-refractivity contribution in [1.29, 1.82) is 0 Å². The van der Waals surface area contributed by atoms with Crippen molar-refractivity contribution < 1.29 is 22.5 Å². The molecule has 0 unspecified atom stereocenters. The lowest BCUT2D eigenvalue weighted by Gasteiger charge is -2.10. The lowest BCUT2D eigenvalue weighted by atomic mass is 10.1. The third kappa shape index (κ3) is 4.29. The molecule has 8 nitrogen and oxygen atoms in total. The molecule has 1 aromatic heterocycles. The van der Waals surface area contributed by atoms with E-state index in [1.54, 1.807) is 18.2 Å². The quantitative estimate of drug-likeness (QED) is 0.632. The zero-order valence-corrected chi connectivity index (χ0v) is 16.2. The van der Waals surface area contributed by atoms with Crippen molar-refractivity contribution >= 4 is 32.6 Å². The average molecular weight is 413 g/mol. The van der Waals surface area contributed by atoms with Crippen LogP contribution in [0.25, 0.3) is 22.2 Å². The summed E-state index contributed by atoms with van der Waals surface area (Å²) < 4.78 is 28.4. The largest absolute Gasteiger partial charge is 0.355 e. The molecular weight excluding hydrogens is 394 g/mol. The number of carbonyl (C=O) groups is 2. The van der Waals surface area contributed by atoms with Crippen molar-refractivity contribution in [3.63, 3.8) is 0 Å². The fraction of sp³-hybridized carbons (Fsp3) is 0.250. The number of aromatic nitrogens is 1. The van der Waals surface area contributed by atoms with Crippen LogP contribution in [0, 0.1) is 5.92 Å². The van der Waals surface area contributed by atoms with Crippen LogP contribution in [0.1, 0.15) is 23.2 Å². The summed E-state index contributed by atoms with van der Waals surface area (Å²) in [4.78, 5) is 24.4. The Morgan fingerprint density at radius 1 is 1.10 bits per heavy atom. The number of amides is 2. The van der Waals surface area contributed by atoms with Crippen LogP contribution in [0.15, 0.2) is 53.1 Å². The molecule has 1 saturated heterocycles. The summed E-state index contributed by atoms with van der Waals surface area (Å²) in [5, 5.41) is 4.70. The number of hydrogen-bond acceptors (Lipinski definition) is 6. The molecule has 0 saturated carbocycles. The second kappa shape index (κ2) is 7.67. The summed E-state index contributed by atoms with van der Waals surface area (Å²) in [7, 11) is -3.04. The smallest absolute Gasteiger partial charge is 0.269 e. The van der Waals surface area contributed by atoms with Gasteiger partial charge in [0.25, 0.3) is 5.91 Å². The van der Waals surface area contributed by atoms with Gasteiger partial charge < -0.3 is 4.52 Å². The van der Waals surface area contributed by atoms with E-state index in [1.807, 2.05) is 30.3 Å². The van der Waals surface area contributed by atoms with Crippen molar-refractivity contribution in [1.82, 2.24) is 16.0 Å². The van der Waals surface area contributed by atoms with Crippen LogP contribution >= 0.6 is 0 Å². The maximum absolute atomic E-state index is 12.4. The third-order valence-corrected chi connectivity index (χ3v) is 6.73. The predicted octanol–water partition coefficient (Wildman–Crippen LogP) is 2.08. The van der Waals surface area contributed by atoms with Gasteiger partial charge in [-0.3, -0.25) is 20.4 Å². The first-order valence-corrected chi connectivity index (χ1v) is 11.0. The Hall–Kier alpha value is -3.20. The van der Waals surface area contributed by atoms with Crippen molar-refractivity contribution in [2.75, 3.05) is 11.5 Å². The summed E-state index contributed by atoms with van der Waals surface area (Å²) in [6, 6.07) is 14.3. The van der Waals surface area contributed by atoms with Gasteiger partial charge in [0.15, 0.2) is 15.6 Å². The molecule has 3 aromatic rings. The van der Waals surface area contributed by atoms with E-state index in [2.05, 4.69) is 16.0 Å². The van der Waals surface area contributed by atoms with Crippen LogP contribution in [0.5, 0.6) is 0 Å². The number of carbonyl (C=O) groups excluding carboxylic acids is 2. The Kier molecular flexibility index (Phi) is 5.06. The molecular formula is C20H19N3O5S. The molecule has 0 spiro atoms. The van der Waals surface area contributed by atoms with Gasteiger partial charge in [0, 0.05) is 17.5 Å². The Bertz CT molecular complexity index is 1170. The molecule has 2 amide bonds. The zero-order chi connectivity index (χ0) is 20.4. The Morgan fingerprint density at radius 2 is 1.90 bits per heavy atom. The highest BCUT2D eigenvalue weighted by Crippen LogP contribution is 2.29. The molecule has 0 aliphatic carbocycles. The standard InChI is InChI=1S/C20H19N3O5S/c24-18(10-13-8-9-29(26,27)12-13)21-22-20(25)15-6-7-17-16(11-15)19(28-23-17)14-4-2-1-3-5-14/h1-7,11,13H,8-10,12H2,(H,21,24)(H,22,25)/t13-/m0/s1. The molecule has 150 valence electrons. The minimum Gasteiger partial charge on any atom is -0.355 e. The Labute approximate surface area is 167 Å². The molecule has 0 radical (unpaired) electrons. The van der Waals surface area contributed by atoms with E-state index in [0.29, 0.717) is 28.6 Å². The first kappa shape index (κ1) is 19.1. The zero-order valence-electron chi connectivity index (χ0n) is 15.4. The molecule has 0 bridgehead atoms.